The van der Waals surface area contributed by atoms with E-state index >= 15 is 0 Å². The van der Waals surface area contributed by atoms with Gasteiger partial charge in [-0.3, -0.25) is 0 Å². The van der Waals surface area contributed by atoms with Gasteiger partial charge in [0.25, 0.3) is 0 Å². The van der Waals surface area contributed by atoms with E-state index in [0.29, 0.717) is 12.1 Å². The van der Waals surface area contributed by atoms with Gasteiger partial charge in [-0.1, -0.05) is 6.92 Å². The second kappa shape index (κ2) is 3.35. The first-order chi connectivity index (χ1) is 4.74. The lowest BCUT2D eigenvalue weighted by Crippen LogP contribution is -2.45. The van der Waals surface area contributed by atoms with E-state index in [-0.39, 0.29) is 0 Å². The third-order valence-corrected chi connectivity index (χ3v) is 2.46. The number of likely N-dealkylation sites (tertiary alicyclic amines) is 1. The Morgan fingerprint density at radius 2 is 2.30 bits per heavy atom. The minimum Gasteiger partial charge on any atom is -0.328 e. The largest absolute Gasteiger partial charge is 0.328 e. The third-order valence-electron chi connectivity index (χ3n) is 2.46. The van der Waals surface area contributed by atoms with E-state index in [0.717, 1.165) is 0 Å². The fourth-order valence-corrected chi connectivity index (χ4v) is 1.73. The first-order valence-electron chi connectivity index (χ1n) is 4.23. The molecule has 0 aromatic rings. The maximum atomic E-state index is 5.82. The van der Waals surface area contributed by atoms with E-state index in [4.69, 9.17) is 5.73 Å². The van der Waals surface area contributed by atoms with Crippen molar-refractivity contribution < 1.29 is 0 Å². The van der Waals surface area contributed by atoms with Crippen LogP contribution in [0, 0.1) is 0 Å². The number of hydrogen-bond donors (Lipinski definition) is 1. The predicted octanol–water partition coefficient (Wildman–Crippen LogP) is 0.818. The topological polar surface area (TPSA) is 29.3 Å². The second-order valence-electron chi connectivity index (χ2n) is 3.26. The number of piperidine rings is 1. The fraction of sp³-hybridized carbons (Fsp3) is 1.00. The first kappa shape index (κ1) is 8.02. The minimum absolute atomic E-state index is 0.456. The molecule has 0 aromatic carbocycles. The lowest BCUT2D eigenvalue weighted by Gasteiger charge is -2.35. The molecule has 2 atom stereocenters. The summed E-state index contributed by atoms with van der Waals surface area (Å²) in [6.45, 7) is 6.85. The molecule has 1 heterocycles. The highest BCUT2D eigenvalue weighted by atomic mass is 15.2. The van der Waals surface area contributed by atoms with Gasteiger partial charge in [0.2, 0.25) is 0 Å². The molecule has 10 heavy (non-hydrogen) atoms. The van der Waals surface area contributed by atoms with Crippen molar-refractivity contribution in [1.82, 2.24) is 4.90 Å². The average molecular weight is 142 g/mol. The van der Waals surface area contributed by atoms with Gasteiger partial charge in [0.05, 0.1) is 0 Å². The molecule has 2 nitrogen and oxygen atoms in total. The molecule has 60 valence electrons. The summed E-state index contributed by atoms with van der Waals surface area (Å²) < 4.78 is 0. The molecule has 1 fully saturated rings. The average Bonchev–Trinajstić information content (AvgIpc) is 1.88. The summed E-state index contributed by atoms with van der Waals surface area (Å²) in [5, 5.41) is 0. The van der Waals surface area contributed by atoms with Crippen LogP contribution in [0.4, 0.5) is 0 Å². The Morgan fingerprint density at radius 1 is 1.60 bits per heavy atom. The minimum atomic E-state index is 0.456. The zero-order chi connectivity index (χ0) is 7.56. The van der Waals surface area contributed by atoms with Crippen LogP contribution in [-0.4, -0.2) is 30.1 Å². The van der Waals surface area contributed by atoms with Crippen molar-refractivity contribution in [2.24, 2.45) is 5.73 Å². The van der Waals surface area contributed by atoms with E-state index in [9.17, 15) is 0 Å². The van der Waals surface area contributed by atoms with Gasteiger partial charge in [0.1, 0.15) is 0 Å². The van der Waals surface area contributed by atoms with Gasteiger partial charge in [-0.25, -0.2) is 0 Å². The second-order valence-corrected chi connectivity index (χ2v) is 3.26. The highest BCUT2D eigenvalue weighted by molar-refractivity contribution is 4.79. The van der Waals surface area contributed by atoms with Crippen LogP contribution in [0.15, 0.2) is 0 Å². The smallest absolute Gasteiger partial charge is 0.00815 e. The summed E-state index contributed by atoms with van der Waals surface area (Å²) in [4.78, 5) is 2.49. The van der Waals surface area contributed by atoms with Gasteiger partial charge < -0.3 is 10.6 Å². The van der Waals surface area contributed by atoms with E-state index in [1.165, 1.54) is 25.9 Å². The zero-order valence-corrected chi connectivity index (χ0v) is 7.01. The molecule has 1 saturated heterocycles. The van der Waals surface area contributed by atoms with Crippen molar-refractivity contribution in [3.63, 3.8) is 0 Å². The molecular formula is C8H18N2. The fourth-order valence-electron chi connectivity index (χ4n) is 1.73. The molecule has 0 aliphatic carbocycles. The normalized spacial score (nSPS) is 36.3. The van der Waals surface area contributed by atoms with E-state index < -0.39 is 0 Å². The molecule has 0 amide bonds. The summed E-state index contributed by atoms with van der Waals surface area (Å²) in [7, 11) is 0. The Balaban J connectivity index is 2.36. The summed E-state index contributed by atoms with van der Waals surface area (Å²) in [5.41, 5.74) is 5.82. The standard InChI is InChI=1S/C8H18N2/c1-3-10-5-4-8(9)6-7(10)2/h7-8H,3-6,9H2,1-2H3/t7-,8+/m1/s1. The Kier molecular flexibility index (Phi) is 2.69. The van der Waals surface area contributed by atoms with Crippen LogP contribution in [0.3, 0.4) is 0 Å². The highest BCUT2D eigenvalue weighted by Crippen LogP contribution is 2.14. The number of rotatable bonds is 1. The molecule has 0 spiro atoms. The van der Waals surface area contributed by atoms with Gasteiger partial charge in [-0.2, -0.15) is 0 Å². The van der Waals surface area contributed by atoms with Gasteiger partial charge in [-0.15, -0.1) is 0 Å². The summed E-state index contributed by atoms with van der Waals surface area (Å²) >= 11 is 0. The molecule has 1 rings (SSSR count). The number of nitrogens with zero attached hydrogens (tertiary/aromatic N) is 1. The first-order valence-corrected chi connectivity index (χ1v) is 4.23. The van der Waals surface area contributed by atoms with Crippen molar-refractivity contribution in [2.45, 2.75) is 38.8 Å². The van der Waals surface area contributed by atoms with Crippen LogP contribution >= 0.6 is 0 Å². The quantitative estimate of drug-likeness (QED) is 0.587. The van der Waals surface area contributed by atoms with Crippen LogP contribution < -0.4 is 5.73 Å². The Hall–Kier alpha value is -0.0800. The molecule has 0 saturated carbocycles. The molecule has 0 unspecified atom stereocenters. The summed E-state index contributed by atoms with van der Waals surface area (Å²) in [5.74, 6) is 0. The van der Waals surface area contributed by atoms with Gasteiger partial charge >= 0.3 is 0 Å². The van der Waals surface area contributed by atoms with Crippen LogP contribution in [0.2, 0.25) is 0 Å². The van der Waals surface area contributed by atoms with Crippen molar-refractivity contribution in [3.8, 4) is 0 Å². The lowest BCUT2D eigenvalue weighted by molar-refractivity contribution is 0.156. The van der Waals surface area contributed by atoms with Crippen LogP contribution in [0.25, 0.3) is 0 Å². The predicted molar refractivity (Wildman–Crippen MR) is 43.9 cm³/mol. The van der Waals surface area contributed by atoms with Crippen LogP contribution in [0.5, 0.6) is 0 Å². The molecule has 0 bridgehead atoms. The molecule has 2 N–H and O–H groups in total. The van der Waals surface area contributed by atoms with E-state index in [1.54, 1.807) is 0 Å². The molecule has 2 heteroatoms. The zero-order valence-electron chi connectivity index (χ0n) is 7.01. The summed E-state index contributed by atoms with van der Waals surface area (Å²) in [6.07, 6.45) is 2.35. The monoisotopic (exact) mass is 142 g/mol. The van der Waals surface area contributed by atoms with Crippen molar-refractivity contribution in [1.29, 1.82) is 0 Å². The molecule has 0 radical (unpaired) electrons. The maximum absolute atomic E-state index is 5.82. The molecule has 1 aliphatic rings. The van der Waals surface area contributed by atoms with Gasteiger partial charge in [0.15, 0.2) is 0 Å². The number of nitrogens with two attached hydrogens (primary N) is 1. The van der Waals surface area contributed by atoms with E-state index in [2.05, 4.69) is 18.7 Å². The van der Waals surface area contributed by atoms with Crippen molar-refractivity contribution >= 4 is 0 Å². The summed E-state index contributed by atoms with van der Waals surface area (Å²) in [6, 6.07) is 1.16. The molecular weight excluding hydrogens is 124 g/mol. The third kappa shape index (κ3) is 1.70. The lowest BCUT2D eigenvalue weighted by atomic mass is 9.99. The Morgan fingerprint density at radius 3 is 2.80 bits per heavy atom. The number of hydrogen-bond acceptors (Lipinski definition) is 2. The highest BCUT2D eigenvalue weighted by Gasteiger charge is 2.20. The van der Waals surface area contributed by atoms with Gasteiger partial charge in [-0.05, 0) is 32.9 Å². The SMILES string of the molecule is CCN1CC[C@H](N)C[C@H]1C. The maximum Gasteiger partial charge on any atom is 0.00815 e. The van der Waals surface area contributed by atoms with Crippen LogP contribution in [0.1, 0.15) is 26.7 Å². The Bertz CT molecular complexity index is 103. The van der Waals surface area contributed by atoms with Crippen molar-refractivity contribution in [3.05, 3.63) is 0 Å². The van der Waals surface area contributed by atoms with E-state index in [1.807, 2.05) is 0 Å². The van der Waals surface area contributed by atoms with Crippen LogP contribution in [-0.2, 0) is 0 Å². The van der Waals surface area contributed by atoms with Crippen molar-refractivity contribution in [2.75, 3.05) is 13.1 Å². The molecule has 1 aliphatic heterocycles. The molecule has 0 aromatic heterocycles. The van der Waals surface area contributed by atoms with Gasteiger partial charge in [0, 0.05) is 12.1 Å². The Labute approximate surface area is 63.4 Å².